The molecule has 2 aliphatic rings. The normalized spacial score (nSPS) is 15.3. The molecule has 0 saturated carbocycles. The Kier molecular flexibility index (Phi) is 13.0. The fraction of sp³-hybridized carbons (Fsp3) is 0.600. The smallest absolute Gasteiger partial charge is 1.00 e. The standard InChI is InChI=1S/2C9H13.C2H6Si.2ClH.Ti/c2*1-2-3-6-9-7-4-5-8-9;1-3-2;;;/h2*4,7H,2-3,5-6H2,1H3;1-2H3;2*1H;/q;;;;;+2/p-2. The molecule has 134 valence electrons. The third-order valence-electron chi connectivity index (χ3n) is 4.76. The summed E-state index contributed by atoms with van der Waals surface area (Å²) in [4.78, 5) is 0. The van der Waals surface area contributed by atoms with Gasteiger partial charge in [0.2, 0.25) is 0 Å². The van der Waals surface area contributed by atoms with Crippen LogP contribution in [0, 0.1) is 0 Å². The van der Waals surface area contributed by atoms with Crippen LogP contribution in [0.3, 0.4) is 0 Å². The summed E-state index contributed by atoms with van der Waals surface area (Å²) in [6.07, 6.45) is 20.3. The summed E-state index contributed by atoms with van der Waals surface area (Å²) in [5.41, 5.74) is 3.49. The quantitative estimate of drug-likeness (QED) is 0.508. The molecule has 0 nitrogen and oxygen atoms in total. The monoisotopic (exact) mass is 418 g/mol. The van der Waals surface area contributed by atoms with Crippen molar-refractivity contribution in [3.63, 3.8) is 0 Å². The average molecular weight is 419 g/mol. The molecule has 4 heteroatoms. The molecule has 0 N–H and O–H groups in total. The third kappa shape index (κ3) is 6.32. The van der Waals surface area contributed by atoms with E-state index in [4.69, 9.17) is 0 Å². The van der Waals surface area contributed by atoms with E-state index in [1.165, 1.54) is 51.4 Å². The second kappa shape index (κ2) is 12.8. The van der Waals surface area contributed by atoms with Crippen LogP contribution in [0.25, 0.3) is 0 Å². The largest absolute Gasteiger partial charge is 1.00 e. The average Bonchev–Trinajstić information content (AvgIpc) is 3.13. The summed E-state index contributed by atoms with van der Waals surface area (Å²) < 4.78 is 3.89. The first-order chi connectivity index (χ1) is 10.7. The van der Waals surface area contributed by atoms with Crippen LogP contribution in [0.5, 0.6) is 0 Å². The van der Waals surface area contributed by atoms with Crippen molar-refractivity contribution in [1.82, 2.24) is 0 Å². The number of allylic oxidation sites excluding steroid dienone is 8. The van der Waals surface area contributed by atoms with Gasteiger partial charge < -0.3 is 24.8 Å². The van der Waals surface area contributed by atoms with Crippen LogP contribution >= 0.6 is 0 Å². The van der Waals surface area contributed by atoms with Gasteiger partial charge in [-0.3, -0.25) is 0 Å². The Morgan fingerprint density at radius 2 is 1.25 bits per heavy atom. The molecule has 0 atom stereocenters. The molecule has 0 spiro atoms. The Morgan fingerprint density at radius 1 is 0.833 bits per heavy atom. The van der Waals surface area contributed by atoms with Crippen LogP contribution in [0.15, 0.2) is 43.2 Å². The van der Waals surface area contributed by atoms with Gasteiger partial charge in [-0.15, -0.1) is 0 Å². The van der Waals surface area contributed by atoms with E-state index in [2.05, 4.69) is 51.2 Å². The van der Waals surface area contributed by atoms with Gasteiger partial charge in [0, 0.05) is 0 Å². The minimum atomic E-state index is -1.21. The third-order valence-corrected chi connectivity index (χ3v) is 16.5. The summed E-state index contributed by atoms with van der Waals surface area (Å²) in [5, 5.41) is 0. The molecule has 0 aromatic heterocycles. The molecule has 0 aromatic carbocycles. The molecule has 0 radical (unpaired) electrons. The van der Waals surface area contributed by atoms with Gasteiger partial charge in [-0.1, -0.05) is 0 Å². The van der Waals surface area contributed by atoms with Crippen molar-refractivity contribution in [3.05, 3.63) is 43.2 Å². The SMILES string of the molecule is CCCCC1=[C]([Ti+2]([C]2=C(CCCC)C=CC2)=[Si](C)C)CC=C1.[Cl-].[Cl-]. The molecule has 0 bridgehead atoms. The molecule has 2 aliphatic carbocycles. The van der Waals surface area contributed by atoms with Crippen molar-refractivity contribution in [1.29, 1.82) is 0 Å². The minimum absolute atomic E-state index is 0. The fourth-order valence-corrected chi connectivity index (χ4v) is 15.9. The molecular weight excluding hydrogens is 387 g/mol. The number of rotatable bonds is 8. The van der Waals surface area contributed by atoms with Crippen molar-refractivity contribution in [2.24, 2.45) is 0 Å². The van der Waals surface area contributed by atoms with E-state index >= 15 is 0 Å². The molecule has 0 aliphatic heterocycles. The maximum Gasteiger partial charge on any atom is -1.00 e. The van der Waals surface area contributed by atoms with Gasteiger partial charge >= 0.3 is 144 Å². The van der Waals surface area contributed by atoms with Gasteiger partial charge in [0.25, 0.3) is 0 Å². The Hall–Kier alpha value is 0.471. The van der Waals surface area contributed by atoms with Gasteiger partial charge in [0.1, 0.15) is 0 Å². The summed E-state index contributed by atoms with van der Waals surface area (Å²) in [7, 11) is 0. The Labute approximate surface area is 168 Å². The van der Waals surface area contributed by atoms with E-state index in [-0.39, 0.29) is 31.0 Å². The van der Waals surface area contributed by atoms with E-state index in [0.717, 1.165) is 0 Å². The number of hydrogen-bond acceptors (Lipinski definition) is 0. The van der Waals surface area contributed by atoms with Crippen LogP contribution in [0.4, 0.5) is 0 Å². The van der Waals surface area contributed by atoms with Gasteiger partial charge in [0.05, 0.1) is 0 Å². The molecular formula is C20H32Cl2SiTi. The van der Waals surface area contributed by atoms with Gasteiger partial charge in [-0.05, 0) is 0 Å². The van der Waals surface area contributed by atoms with Crippen LogP contribution in [-0.4, -0.2) is 6.19 Å². The number of hydrogen-bond donors (Lipinski definition) is 0. The molecule has 0 aromatic rings. The maximum absolute atomic E-state index is 2.59. The van der Waals surface area contributed by atoms with Crippen molar-refractivity contribution < 1.29 is 41.4 Å². The van der Waals surface area contributed by atoms with E-state index in [9.17, 15) is 0 Å². The molecule has 2 rings (SSSR count). The molecule has 24 heavy (non-hydrogen) atoms. The Morgan fingerprint density at radius 3 is 1.58 bits per heavy atom. The fourth-order valence-electron chi connectivity index (χ4n) is 3.62. The minimum Gasteiger partial charge on any atom is -1.00 e. The molecule has 0 heterocycles. The first kappa shape index (κ1) is 24.5. The number of unbranched alkanes of at least 4 members (excludes halogenated alkanes) is 2. The van der Waals surface area contributed by atoms with Crippen LogP contribution < -0.4 is 24.8 Å². The van der Waals surface area contributed by atoms with Crippen LogP contribution in [0.2, 0.25) is 13.1 Å². The van der Waals surface area contributed by atoms with E-state index in [1.54, 1.807) is 11.1 Å². The Balaban J connectivity index is 0.00000264. The predicted octanol–water partition coefficient (Wildman–Crippen LogP) is 0.672. The topological polar surface area (TPSA) is 0 Å². The second-order valence-electron chi connectivity index (χ2n) is 6.80. The first-order valence-corrected chi connectivity index (χ1v) is 15.5. The summed E-state index contributed by atoms with van der Waals surface area (Å²) in [6, 6.07) is 0. The summed E-state index contributed by atoms with van der Waals surface area (Å²) in [6.45, 7) is 9.81. The van der Waals surface area contributed by atoms with Crippen molar-refractivity contribution >= 4 is 6.19 Å². The Bertz CT molecular complexity index is 520. The summed E-state index contributed by atoms with van der Waals surface area (Å²) in [5.74, 6) is 0. The zero-order chi connectivity index (χ0) is 15.9. The molecule has 0 saturated heterocycles. The van der Waals surface area contributed by atoms with Gasteiger partial charge in [-0.25, -0.2) is 0 Å². The molecule has 0 fully saturated rings. The van der Waals surface area contributed by atoms with Crippen LogP contribution in [-0.2, 0) is 16.6 Å². The van der Waals surface area contributed by atoms with Crippen LogP contribution in [0.1, 0.15) is 65.2 Å². The molecule has 0 amide bonds. The molecule has 0 unspecified atom stereocenters. The number of halogens is 2. The zero-order valence-corrected chi connectivity index (χ0v) is 19.8. The van der Waals surface area contributed by atoms with E-state index in [0.29, 0.717) is 0 Å². The van der Waals surface area contributed by atoms with Crippen molar-refractivity contribution in [3.8, 4) is 0 Å². The maximum atomic E-state index is 2.59. The van der Waals surface area contributed by atoms with E-state index < -0.39 is 16.6 Å². The summed E-state index contributed by atoms with van der Waals surface area (Å²) >= 11 is -1.21. The van der Waals surface area contributed by atoms with Crippen molar-refractivity contribution in [2.75, 3.05) is 0 Å². The zero-order valence-electron chi connectivity index (χ0n) is 15.7. The van der Waals surface area contributed by atoms with Gasteiger partial charge in [-0.2, -0.15) is 0 Å². The van der Waals surface area contributed by atoms with Crippen molar-refractivity contribution in [2.45, 2.75) is 78.3 Å². The predicted molar refractivity (Wildman–Crippen MR) is 98.1 cm³/mol. The first-order valence-electron chi connectivity index (χ1n) is 9.14. The van der Waals surface area contributed by atoms with Gasteiger partial charge in [0.15, 0.2) is 0 Å². The van der Waals surface area contributed by atoms with E-state index in [1.807, 2.05) is 7.76 Å². The second-order valence-corrected chi connectivity index (χ2v) is 18.6.